The van der Waals surface area contributed by atoms with E-state index in [1.807, 2.05) is 54.6 Å². The Kier molecular flexibility index (Phi) is 5.52. The van der Waals surface area contributed by atoms with Crippen molar-refractivity contribution in [1.29, 1.82) is 0 Å². The van der Waals surface area contributed by atoms with Gasteiger partial charge >= 0.3 is 0 Å². The highest BCUT2D eigenvalue weighted by atomic mass is 35.5. The highest BCUT2D eigenvalue weighted by Crippen LogP contribution is 2.27. The van der Waals surface area contributed by atoms with Crippen LogP contribution in [0.4, 0.5) is 0 Å². The van der Waals surface area contributed by atoms with Crippen molar-refractivity contribution in [2.45, 2.75) is 10.8 Å². The second-order valence-electron chi connectivity index (χ2n) is 6.08. The molecule has 0 atom stereocenters. The molecule has 0 aliphatic heterocycles. The lowest BCUT2D eigenvalue weighted by molar-refractivity contribution is 0.935. The minimum atomic E-state index is 0.777. The lowest BCUT2D eigenvalue weighted by Crippen LogP contribution is -1.90. The molecule has 3 aromatic carbocycles. The summed E-state index contributed by atoms with van der Waals surface area (Å²) in [7, 11) is 0. The van der Waals surface area contributed by atoms with Gasteiger partial charge in [0.25, 0.3) is 0 Å². The summed E-state index contributed by atoms with van der Waals surface area (Å²) in [6.45, 7) is 0. The summed E-state index contributed by atoms with van der Waals surface area (Å²) in [5.74, 6) is 0.777. The maximum atomic E-state index is 6.20. The number of thioether (sulfide) groups is 1. The van der Waals surface area contributed by atoms with Gasteiger partial charge in [0.2, 0.25) is 0 Å². The smallest absolute Gasteiger partial charge is 0.119 e. The molecule has 2 nitrogen and oxygen atoms in total. The van der Waals surface area contributed by atoms with Crippen LogP contribution in [0.1, 0.15) is 5.56 Å². The summed E-state index contributed by atoms with van der Waals surface area (Å²) in [4.78, 5) is 0. The van der Waals surface area contributed by atoms with Crippen LogP contribution >= 0.6 is 23.4 Å². The van der Waals surface area contributed by atoms with Crippen LogP contribution in [0.15, 0.2) is 96.0 Å². The zero-order chi connectivity index (χ0) is 18.5. The fourth-order valence-electron chi connectivity index (χ4n) is 2.78. The second kappa shape index (κ2) is 8.38. The third-order valence-electron chi connectivity index (χ3n) is 4.26. The van der Waals surface area contributed by atoms with Crippen LogP contribution in [0.3, 0.4) is 0 Å². The zero-order valence-electron chi connectivity index (χ0n) is 14.5. The molecule has 0 saturated heterocycles. The van der Waals surface area contributed by atoms with Gasteiger partial charge in [-0.1, -0.05) is 96.2 Å². The molecule has 0 N–H and O–H groups in total. The van der Waals surface area contributed by atoms with Crippen LogP contribution in [-0.2, 0) is 5.75 Å². The van der Waals surface area contributed by atoms with Crippen molar-refractivity contribution in [1.82, 2.24) is 10.2 Å². The molecule has 0 radical (unpaired) electrons. The van der Waals surface area contributed by atoms with Crippen LogP contribution < -0.4 is 0 Å². The summed E-state index contributed by atoms with van der Waals surface area (Å²) in [6.07, 6.45) is 0. The van der Waals surface area contributed by atoms with Crippen LogP contribution in [-0.4, -0.2) is 10.2 Å². The molecule has 132 valence electrons. The third-order valence-corrected chi connectivity index (χ3v) is 5.60. The predicted octanol–water partition coefficient (Wildman–Crippen LogP) is 6.76. The molecular formula is C23H17ClN2S. The van der Waals surface area contributed by atoms with Gasteiger partial charge in [0, 0.05) is 16.3 Å². The molecule has 0 fully saturated rings. The number of benzene rings is 3. The van der Waals surface area contributed by atoms with Crippen molar-refractivity contribution in [3.63, 3.8) is 0 Å². The van der Waals surface area contributed by atoms with E-state index in [1.54, 1.807) is 11.8 Å². The maximum absolute atomic E-state index is 6.20. The first-order chi connectivity index (χ1) is 13.3. The number of halogens is 1. The van der Waals surface area contributed by atoms with Gasteiger partial charge in [0.15, 0.2) is 0 Å². The van der Waals surface area contributed by atoms with Crippen molar-refractivity contribution < 1.29 is 0 Å². The van der Waals surface area contributed by atoms with Crippen molar-refractivity contribution in [2.75, 3.05) is 0 Å². The Bertz CT molecular complexity index is 1020. The molecule has 4 rings (SSSR count). The van der Waals surface area contributed by atoms with E-state index in [9.17, 15) is 0 Å². The van der Waals surface area contributed by atoms with E-state index in [2.05, 4.69) is 46.6 Å². The molecule has 0 bridgehead atoms. The molecule has 0 amide bonds. The SMILES string of the molecule is Clc1ccccc1CSc1ccc(-c2ccc(-c3ccccc3)cc2)nn1. The van der Waals surface area contributed by atoms with Gasteiger partial charge in [0.05, 0.1) is 5.69 Å². The Morgan fingerprint density at radius 3 is 2.00 bits per heavy atom. The molecule has 27 heavy (non-hydrogen) atoms. The van der Waals surface area contributed by atoms with Gasteiger partial charge in [-0.15, -0.1) is 10.2 Å². The molecule has 1 aromatic heterocycles. The Morgan fingerprint density at radius 1 is 0.630 bits per heavy atom. The van der Waals surface area contributed by atoms with E-state index in [0.717, 1.165) is 32.6 Å². The number of hydrogen-bond donors (Lipinski definition) is 0. The fourth-order valence-corrected chi connectivity index (χ4v) is 3.88. The normalized spacial score (nSPS) is 10.7. The average Bonchev–Trinajstić information content (AvgIpc) is 2.74. The Balaban J connectivity index is 1.45. The molecule has 4 aromatic rings. The van der Waals surface area contributed by atoms with Gasteiger partial charge in [-0.3, -0.25) is 0 Å². The molecular weight excluding hydrogens is 372 g/mol. The first-order valence-corrected chi connectivity index (χ1v) is 10.0. The monoisotopic (exact) mass is 388 g/mol. The molecule has 0 saturated carbocycles. The molecule has 0 aliphatic rings. The van der Waals surface area contributed by atoms with E-state index < -0.39 is 0 Å². The van der Waals surface area contributed by atoms with E-state index in [1.165, 1.54) is 11.1 Å². The Morgan fingerprint density at radius 2 is 1.30 bits per heavy atom. The van der Waals surface area contributed by atoms with Crippen LogP contribution in [0.5, 0.6) is 0 Å². The van der Waals surface area contributed by atoms with E-state index in [0.29, 0.717) is 0 Å². The van der Waals surface area contributed by atoms with E-state index in [-0.39, 0.29) is 0 Å². The summed E-state index contributed by atoms with van der Waals surface area (Å²) in [6, 6.07) is 30.7. The number of hydrogen-bond acceptors (Lipinski definition) is 3. The van der Waals surface area contributed by atoms with Gasteiger partial charge < -0.3 is 0 Å². The Labute approximate surface area is 168 Å². The summed E-state index contributed by atoms with van der Waals surface area (Å²) < 4.78 is 0. The summed E-state index contributed by atoms with van der Waals surface area (Å²) in [5.41, 5.74) is 5.44. The van der Waals surface area contributed by atoms with Crippen molar-refractivity contribution in [3.05, 3.63) is 102 Å². The third kappa shape index (κ3) is 4.38. The van der Waals surface area contributed by atoms with Crippen LogP contribution in [0.2, 0.25) is 5.02 Å². The second-order valence-corrected chi connectivity index (χ2v) is 7.48. The topological polar surface area (TPSA) is 25.8 Å². The van der Waals surface area contributed by atoms with Crippen molar-refractivity contribution in [3.8, 4) is 22.4 Å². The van der Waals surface area contributed by atoms with Gasteiger partial charge in [-0.2, -0.15) is 0 Å². The standard InChI is InChI=1S/C23H17ClN2S/c24-21-9-5-4-8-20(21)16-27-23-15-14-22(25-26-23)19-12-10-18(11-13-19)17-6-2-1-3-7-17/h1-15H,16H2. The average molecular weight is 389 g/mol. The van der Waals surface area contributed by atoms with E-state index in [4.69, 9.17) is 11.6 Å². The van der Waals surface area contributed by atoms with Crippen LogP contribution in [0.25, 0.3) is 22.4 Å². The zero-order valence-corrected chi connectivity index (χ0v) is 16.1. The minimum Gasteiger partial charge on any atom is -0.149 e. The quantitative estimate of drug-likeness (QED) is 0.353. The van der Waals surface area contributed by atoms with Crippen molar-refractivity contribution in [2.24, 2.45) is 0 Å². The number of aromatic nitrogens is 2. The Hall–Kier alpha value is -2.62. The summed E-state index contributed by atoms with van der Waals surface area (Å²) >= 11 is 7.84. The summed E-state index contributed by atoms with van der Waals surface area (Å²) in [5, 5.41) is 10.4. The molecule has 0 spiro atoms. The molecule has 0 aliphatic carbocycles. The lowest BCUT2D eigenvalue weighted by Gasteiger charge is -2.06. The highest BCUT2D eigenvalue weighted by molar-refractivity contribution is 7.98. The van der Waals surface area contributed by atoms with Gasteiger partial charge in [0.1, 0.15) is 5.03 Å². The van der Waals surface area contributed by atoms with Crippen molar-refractivity contribution >= 4 is 23.4 Å². The largest absolute Gasteiger partial charge is 0.149 e. The predicted molar refractivity (Wildman–Crippen MR) is 114 cm³/mol. The highest BCUT2D eigenvalue weighted by Gasteiger charge is 2.05. The molecule has 1 heterocycles. The minimum absolute atomic E-state index is 0.777. The van der Waals surface area contributed by atoms with Crippen LogP contribution in [0, 0.1) is 0 Å². The maximum Gasteiger partial charge on any atom is 0.119 e. The number of nitrogens with zero attached hydrogens (tertiary/aromatic N) is 2. The van der Waals surface area contributed by atoms with Gasteiger partial charge in [-0.05, 0) is 34.9 Å². The van der Waals surface area contributed by atoms with E-state index >= 15 is 0 Å². The first-order valence-electron chi connectivity index (χ1n) is 8.65. The lowest BCUT2D eigenvalue weighted by atomic mass is 10.0. The number of rotatable bonds is 5. The fraction of sp³-hybridized carbons (Fsp3) is 0.0435. The molecule has 0 unspecified atom stereocenters. The molecule has 4 heteroatoms. The van der Waals surface area contributed by atoms with Gasteiger partial charge in [-0.25, -0.2) is 0 Å². The first kappa shape index (κ1) is 17.8.